The minimum absolute atomic E-state index is 0.127. The van der Waals surface area contributed by atoms with Gasteiger partial charge in [0, 0.05) is 31.8 Å². The Morgan fingerprint density at radius 1 is 1.15 bits per heavy atom. The normalized spacial score (nSPS) is 17.9. The van der Waals surface area contributed by atoms with E-state index in [1.807, 2.05) is 0 Å². The molecule has 0 radical (unpaired) electrons. The van der Waals surface area contributed by atoms with E-state index in [1.54, 1.807) is 50.5 Å². The quantitative estimate of drug-likeness (QED) is 0.872. The lowest BCUT2D eigenvalue weighted by Crippen LogP contribution is -2.44. The van der Waals surface area contributed by atoms with Crippen molar-refractivity contribution < 1.29 is 17.9 Å². The summed E-state index contributed by atoms with van der Waals surface area (Å²) in [5.41, 5.74) is 1.21. The van der Waals surface area contributed by atoms with Crippen molar-refractivity contribution in [3.05, 3.63) is 48.0 Å². The van der Waals surface area contributed by atoms with Crippen molar-refractivity contribution in [2.45, 2.75) is 23.8 Å². The van der Waals surface area contributed by atoms with Crippen LogP contribution >= 0.6 is 0 Å². The number of amides is 1. The molecule has 1 heterocycles. The molecule has 1 fully saturated rings. The molecule has 2 aromatic carbocycles. The summed E-state index contributed by atoms with van der Waals surface area (Å²) in [5.74, 6) is 0.756. The molecule has 0 spiro atoms. The van der Waals surface area contributed by atoms with Crippen LogP contribution in [0, 0.1) is 0 Å². The second kappa shape index (κ2) is 6.54. The average molecular weight is 387 g/mol. The Labute approximate surface area is 158 Å². The largest absolute Gasteiger partial charge is 0.457 e. The maximum atomic E-state index is 12.4. The number of rotatable bonds is 4. The Bertz CT molecular complexity index is 1000. The Kier molecular flexibility index (Phi) is 4.32. The second-order valence-electron chi connectivity index (χ2n) is 6.97. The smallest absolute Gasteiger partial charge is 0.253 e. The maximum Gasteiger partial charge on any atom is 0.253 e. The number of ether oxygens (including phenoxy) is 1. The lowest BCUT2D eigenvalue weighted by atomic mass is 10.2. The first kappa shape index (κ1) is 17.8. The fourth-order valence-electron chi connectivity index (χ4n) is 3.13. The van der Waals surface area contributed by atoms with Crippen molar-refractivity contribution in [1.82, 2.24) is 9.62 Å². The fraction of sp³-hybridized carbons (Fsp3) is 0.316. The zero-order valence-corrected chi connectivity index (χ0v) is 16.0. The number of nitrogens with one attached hydrogen (secondary N) is 1. The number of hydrogen-bond donors (Lipinski definition) is 1. The number of carbonyl (C=O) groups is 1. The Balaban J connectivity index is 1.64. The summed E-state index contributed by atoms with van der Waals surface area (Å²) in [6.45, 7) is 0.300. The molecule has 1 amide bonds. The third-order valence-corrected chi connectivity index (χ3v) is 6.08. The first-order valence-electron chi connectivity index (χ1n) is 8.75. The van der Waals surface area contributed by atoms with Gasteiger partial charge in [-0.2, -0.15) is 4.72 Å². The van der Waals surface area contributed by atoms with Crippen molar-refractivity contribution in [3.63, 3.8) is 0 Å². The lowest BCUT2D eigenvalue weighted by molar-refractivity contribution is 0.0827. The molecular formula is C19H21N3O4S. The van der Waals surface area contributed by atoms with Gasteiger partial charge in [0.1, 0.15) is 16.4 Å². The maximum absolute atomic E-state index is 12.4. The van der Waals surface area contributed by atoms with E-state index in [1.165, 1.54) is 11.0 Å². The predicted octanol–water partition coefficient (Wildman–Crippen LogP) is 2.40. The summed E-state index contributed by atoms with van der Waals surface area (Å²) in [7, 11) is -0.194. The van der Waals surface area contributed by atoms with Crippen molar-refractivity contribution >= 4 is 21.6 Å². The highest BCUT2D eigenvalue weighted by molar-refractivity contribution is 7.89. The van der Waals surface area contributed by atoms with E-state index in [9.17, 15) is 13.2 Å². The molecule has 0 unspecified atom stereocenters. The van der Waals surface area contributed by atoms with Crippen LogP contribution < -0.4 is 14.4 Å². The number of benzene rings is 2. The summed E-state index contributed by atoms with van der Waals surface area (Å²) in [6, 6.07) is 12.3. The molecule has 27 heavy (non-hydrogen) atoms. The van der Waals surface area contributed by atoms with E-state index in [4.69, 9.17) is 4.74 Å². The van der Waals surface area contributed by atoms with Gasteiger partial charge in [-0.05, 0) is 43.2 Å². The van der Waals surface area contributed by atoms with E-state index in [2.05, 4.69) is 9.62 Å². The van der Waals surface area contributed by atoms with Crippen LogP contribution in [-0.2, 0) is 10.0 Å². The number of anilines is 1. The predicted molar refractivity (Wildman–Crippen MR) is 102 cm³/mol. The first-order chi connectivity index (χ1) is 12.8. The summed E-state index contributed by atoms with van der Waals surface area (Å²) >= 11 is 0. The number of nitrogens with zero attached hydrogens (tertiary/aromatic N) is 2. The summed E-state index contributed by atoms with van der Waals surface area (Å²) < 4.78 is 33.3. The average Bonchev–Trinajstić information content (AvgIpc) is 3.47. The van der Waals surface area contributed by atoms with Gasteiger partial charge in [-0.25, -0.2) is 8.42 Å². The van der Waals surface area contributed by atoms with Crippen molar-refractivity contribution in [1.29, 1.82) is 0 Å². The Morgan fingerprint density at radius 3 is 2.59 bits per heavy atom. The van der Waals surface area contributed by atoms with E-state index < -0.39 is 10.0 Å². The van der Waals surface area contributed by atoms with Crippen LogP contribution in [0.3, 0.4) is 0 Å². The van der Waals surface area contributed by atoms with Gasteiger partial charge < -0.3 is 14.5 Å². The molecule has 1 N–H and O–H groups in total. The van der Waals surface area contributed by atoms with E-state index >= 15 is 0 Å². The second-order valence-corrected chi connectivity index (χ2v) is 8.70. The van der Waals surface area contributed by atoms with Gasteiger partial charge in [-0.3, -0.25) is 4.79 Å². The standard InChI is InChI=1S/C19H21N3O4S/c1-21(2)19(23)13-4-3-5-15(10-13)26-16-8-9-17-18(11-16)27(24,25)20-12-22(17)14-6-7-14/h3-5,8-11,14,20H,6-7,12H2,1-2H3. The van der Waals surface area contributed by atoms with Crippen molar-refractivity contribution in [2.24, 2.45) is 0 Å². The molecule has 1 aliphatic heterocycles. The number of sulfonamides is 1. The Morgan fingerprint density at radius 2 is 1.89 bits per heavy atom. The zero-order valence-electron chi connectivity index (χ0n) is 15.2. The fourth-order valence-corrected chi connectivity index (χ4v) is 4.32. The van der Waals surface area contributed by atoms with Crippen LogP contribution in [0.4, 0.5) is 5.69 Å². The van der Waals surface area contributed by atoms with Crippen LogP contribution in [0.1, 0.15) is 23.2 Å². The molecule has 8 heteroatoms. The molecule has 142 valence electrons. The molecule has 0 bridgehead atoms. The van der Waals surface area contributed by atoms with E-state index in [0.29, 0.717) is 35.5 Å². The van der Waals surface area contributed by atoms with E-state index in [-0.39, 0.29) is 10.8 Å². The molecular weight excluding hydrogens is 366 g/mol. The summed E-state index contributed by atoms with van der Waals surface area (Å²) in [5, 5.41) is 0. The van der Waals surface area contributed by atoms with Crippen LogP contribution in [0.5, 0.6) is 11.5 Å². The molecule has 0 saturated heterocycles. The van der Waals surface area contributed by atoms with Gasteiger partial charge in [0.25, 0.3) is 5.91 Å². The van der Waals surface area contributed by atoms with Crippen molar-refractivity contribution in [3.8, 4) is 11.5 Å². The first-order valence-corrected chi connectivity index (χ1v) is 10.2. The third-order valence-electron chi connectivity index (χ3n) is 4.67. The molecule has 2 aromatic rings. The van der Waals surface area contributed by atoms with Gasteiger partial charge in [-0.15, -0.1) is 0 Å². The van der Waals surface area contributed by atoms with Gasteiger partial charge >= 0.3 is 0 Å². The molecule has 4 rings (SSSR count). The minimum atomic E-state index is -3.56. The highest BCUT2D eigenvalue weighted by Crippen LogP contribution is 2.39. The summed E-state index contributed by atoms with van der Waals surface area (Å²) in [4.78, 5) is 15.9. The molecule has 1 aliphatic carbocycles. The van der Waals surface area contributed by atoms with Crippen LogP contribution in [-0.4, -0.2) is 46.0 Å². The molecule has 2 aliphatic rings. The lowest BCUT2D eigenvalue weighted by Gasteiger charge is -2.31. The van der Waals surface area contributed by atoms with Crippen LogP contribution in [0.2, 0.25) is 0 Å². The van der Waals surface area contributed by atoms with Gasteiger partial charge in [-0.1, -0.05) is 6.07 Å². The van der Waals surface area contributed by atoms with Crippen LogP contribution in [0.15, 0.2) is 47.4 Å². The number of fused-ring (bicyclic) bond motifs is 1. The molecule has 1 saturated carbocycles. The topological polar surface area (TPSA) is 78.9 Å². The minimum Gasteiger partial charge on any atom is -0.457 e. The zero-order chi connectivity index (χ0) is 19.2. The SMILES string of the molecule is CN(C)C(=O)c1cccc(Oc2ccc3c(c2)S(=O)(=O)NCN3C2CC2)c1. The summed E-state index contributed by atoms with van der Waals surface area (Å²) in [6.07, 6.45) is 2.15. The highest BCUT2D eigenvalue weighted by Gasteiger charge is 2.36. The van der Waals surface area contributed by atoms with Crippen LogP contribution in [0.25, 0.3) is 0 Å². The number of hydrogen-bond acceptors (Lipinski definition) is 5. The Hall–Kier alpha value is -2.58. The van der Waals surface area contributed by atoms with Crippen molar-refractivity contribution in [2.75, 3.05) is 25.7 Å². The molecule has 7 nitrogen and oxygen atoms in total. The monoisotopic (exact) mass is 387 g/mol. The van der Waals surface area contributed by atoms with E-state index in [0.717, 1.165) is 12.8 Å². The highest BCUT2D eigenvalue weighted by atomic mass is 32.2. The van der Waals surface area contributed by atoms with Gasteiger partial charge in [0.2, 0.25) is 10.0 Å². The van der Waals surface area contributed by atoms with Gasteiger partial charge in [0.05, 0.1) is 12.4 Å². The number of carbonyl (C=O) groups excluding carboxylic acids is 1. The van der Waals surface area contributed by atoms with Gasteiger partial charge in [0.15, 0.2) is 0 Å². The molecule has 0 atom stereocenters. The molecule has 0 aromatic heterocycles. The third kappa shape index (κ3) is 3.50.